The number of carbonyl (C=O) groups is 1. The van der Waals surface area contributed by atoms with Gasteiger partial charge in [0.05, 0.1) is 11.4 Å². The van der Waals surface area contributed by atoms with Crippen LogP contribution < -0.4 is 15.4 Å². The van der Waals surface area contributed by atoms with Gasteiger partial charge in [0.25, 0.3) is 5.09 Å². The summed E-state index contributed by atoms with van der Waals surface area (Å²) in [6.45, 7) is 5.73. The number of hydrogen-bond acceptors (Lipinski definition) is 8. The van der Waals surface area contributed by atoms with Crippen molar-refractivity contribution in [2.75, 3.05) is 25.5 Å². The molecule has 166 valence electrons. The Morgan fingerprint density at radius 2 is 2.17 bits per heavy atom. The molecule has 0 saturated heterocycles. The van der Waals surface area contributed by atoms with Crippen molar-refractivity contribution in [3.05, 3.63) is 40.1 Å². The van der Waals surface area contributed by atoms with Crippen molar-refractivity contribution in [1.29, 1.82) is 0 Å². The van der Waals surface area contributed by atoms with E-state index in [0.717, 1.165) is 16.6 Å². The molecule has 1 heterocycles. The minimum Gasteiger partial charge on any atom is -0.490 e. The number of aryl methyl sites for hydroxylation is 1. The van der Waals surface area contributed by atoms with Crippen LogP contribution in [0.4, 0.5) is 0 Å². The molecule has 0 spiro atoms. The number of nitrogens with zero attached hydrogens (tertiary/aromatic N) is 1. The first kappa shape index (κ1) is 23.8. The summed E-state index contributed by atoms with van der Waals surface area (Å²) in [4.78, 5) is 29.7. The van der Waals surface area contributed by atoms with Crippen LogP contribution in [0.2, 0.25) is 0 Å². The lowest BCUT2D eigenvalue weighted by atomic mass is 10.2. The Kier molecular flexibility index (Phi) is 9.21. The van der Waals surface area contributed by atoms with Crippen LogP contribution in [0, 0.1) is 17.0 Å². The van der Waals surface area contributed by atoms with Crippen LogP contribution in [0.15, 0.2) is 24.3 Å². The summed E-state index contributed by atoms with van der Waals surface area (Å²) in [6, 6.07) is 7.70. The molecule has 0 aliphatic carbocycles. The van der Waals surface area contributed by atoms with E-state index in [9.17, 15) is 20.0 Å². The summed E-state index contributed by atoms with van der Waals surface area (Å²) < 4.78 is 5.76. The number of nitrogens with one attached hydrogen (secondary N) is 3. The van der Waals surface area contributed by atoms with Crippen LogP contribution in [0.3, 0.4) is 0 Å². The van der Waals surface area contributed by atoms with Gasteiger partial charge in [-0.3, -0.25) is 10.1 Å². The number of fused-ring (bicyclic) bond motifs is 1. The summed E-state index contributed by atoms with van der Waals surface area (Å²) >= 11 is 1.26. The molecule has 10 nitrogen and oxygen atoms in total. The fourth-order valence-corrected chi connectivity index (χ4v) is 3.49. The summed E-state index contributed by atoms with van der Waals surface area (Å²) in [7, 11) is 0. The number of carbonyl (C=O) groups excluding carboxylic acids is 1. The zero-order chi connectivity index (χ0) is 22.1. The second kappa shape index (κ2) is 11.6. The molecule has 1 aromatic carbocycles. The molecular formula is C19H28N4O6S. The normalized spacial score (nSPS) is 14.1. The van der Waals surface area contributed by atoms with E-state index in [1.807, 2.05) is 31.2 Å². The Morgan fingerprint density at radius 3 is 2.90 bits per heavy atom. The zero-order valence-corrected chi connectivity index (χ0v) is 18.0. The minimum atomic E-state index is -0.855. The Bertz CT molecular complexity index is 846. The molecule has 2 rings (SSSR count). The number of H-pyrrole nitrogens is 1. The molecule has 3 unspecified atom stereocenters. The molecule has 0 aliphatic rings. The summed E-state index contributed by atoms with van der Waals surface area (Å²) in [5.74, 6) is 0.825. The van der Waals surface area contributed by atoms with Gasteiger partial charge in [-0.1, -0.05) is 6.07 Å². The standard InChI is InChI=1S/C19H28N4O6S/c1-12-9-16-17(21-12)5-4-6-18(16)28-11-15(24)10-20-14(3)22-19(25)13(2)30-8-7-29-23(26)27/h4-6,9,13-15,20-21,24H,7-8,10-11H2,1-3H3,(H,22,25). The van der Waals surface area contributed by atoms with E-state index in [4.69, 9.17) is 4.74 Å². The third-order valence-electron chi connectivity index (χ3n) is 4.23. The maximum Gasteiger partial charge on any atom is 0.294 e. The first-order chi connectivity index (χ1) is 14.3. The van der Waals surface area contributed by atoms with Gasteiger partial charge in [0, 0.05) is 28.9 Å². The van der Waals surface area contributed by atoms with Crippen molar-refractivity contribution in [2.45, 2.75) is 38.3 Å². The number of thioether (sulfide) groups is 1. The summed E-state index contributed by atoms with van der Waals surface area (Å²) in [6.07, 6.45) is -1.12. The third-order valence-corrected chi connectivity index (χ3v) is 5.34. The molecule has 2 aromatic rings. The highest BCUT2D eigenvalue weighted by Gasteiger charge is 2.16. The first-order valence-corrected chi connectivity index (χ1v) is 10.6. The number of benzene rings is 1. The Labute approximate surface area is 178 Å². The predicted molar refractivity (Wildman–Crippen MR) is 115 cm³/mol. The van der Waals surface area contributed by atoms with Crippen LogP contribution in [-0.4, -0.2) is 64.1 Å². The van der Waals surface area contributed by atoms with Gasteiger partial charge in [-0.15, -0.1) is 21.9 Å². The highest BCUT2D eigenvalue weighted by Crippen LogP contribution is 2.26. The van der Waals surface area contributed by atoms with Crippen molar-refractivity contribution in [2.24, 2.45) is 0 Å². The number of aliphatic hydroxyl groups excluding tert-OH is 1. The third kappa shape index (κ3) is 7.73. The van der Waals surface area contributed by atoms with Crippen molar-refractivity contribution < 1.29 is 24.6 Å². The molecule has 0 saturated carbocycles. The smallest absolute Gasteiger partial charge is 0.294 e. The highest BCUT2D eigenvalue weighted by molar-refractivity contribution is 8.00. The zero-order valence-electron chi connectivity index (χ0n) is 17.2. The molecule has 3 atom stereocenters. The molecule has 0 aliphatic heterocycles. The van der Waals surface area contributed by atoms with Crippen molar-refractivity contribution in [3.63, 3.8) is 0 Å². The Morgan fingerprint density at radius 1 is 1.40 bits per heavy atom. The van der Waals surface area contributed by atoms with Gasteiger partial charge >= 0.3 is 0 Å². The number of ether oxygens (including phenoxy) is 1. The van der Waals surface area contributed by atoms with Crippen LogP contribution in [-0.2, 0) is 9.63 Å². The predicted octanol–water partition coefficient (Wildman–Crippen LogP) is 1.60. The summed E-state index contributed by atoms with van der Waals surface area (Å²) in [5.41, 5.74) is 2.01. The molecule has 11 heteroatoms. The van der Waals surface area contributed by atoms with E-state index in [-0.39, 0.29) is 37.1 Å². The minimum absolute atomic E-state index is 0.0642. The number of hydrogen-bond donors (Lipinski definition) is 4. The fourth-order valence-electron chi connectivity index (χ4n) is 2.74. The van der Waals surface area contributed by atoms with Gasteiger partial charge in [0.2, 0.25) is 5.91 Å². The van der Waals surface area contributed by atoms with E-state index in [1.165, 1.54) is 11.8 Å². The van der Waals surface area contributed by atoms with Gasteiger partial charge in [0.1, 0.15) is 25.1 Å². The second-order valence-corrected chi connectivity index (χ2v) is 8.29. The Hall–Kier alpha value is -2.50. The number of aliphatic hydroxyl groups is 1. The molecule has 4 N–H and O–H groups in total. The number of aromatic nitrogens is 1. The van der Waals surface area contributed by atoms with E-state index in [2.05, 4.69) is 20.5 Å². The molecule has 30 heavy (non-hydrogen) atoms. The maximum absolute atomic E-state index is 12.1. The quantitative estimate of drug-likeness (QED) is 0.159. The van der Waals surface area contributed by atoms with Gasteiger partial charge in [0.15, 0.2) is 0 Å². The lowest BCUT2D eigenvalue weighted by Crippen LogP contribution is -2.48. The van der Waals surface area contributed by atoms with Crippen LogP contribution >= 0.6 is 11.8 Å². The van der Waals surface area contributed by atoms with Crippen LogP contribution in [0.25, 0.3) is 10.9 Å². The lowest BCUT2D eigenvalue weighted by molar-refractivity contribution is -0.756. The van der Waals surface area contributed by atoms with E-state index < -0.39 is 11.2 Å². The van der Waals surface area contributed by atoms with Crippen molar-refractivity contribution in [1.82, 2.24) is 15.6 Å². The molecular weight excluding hydrogens is 412 g/mol. The number of rotatable bonds is 13. The Balaban J connectivity index is 1.67. The fraction of sp³-hybridized carbons (Fsp3) is 0.526. The molecule has 1 amide bonds. The van der Waals surface area contributed by atoms with Crippen LogP contribution in [0.5, 0.6) is 5.75 Å². The average Bonchev–Trinajstić information content (AvgIpc) is 3.08. The molecule has 0 bridgehead atoms. The number of amides is 1. The van der Waals surface area contributed by atoms with Gasteiger partial charge in [-0.2, -0.15) is 0 Å². The van der Waals surface area contributed by atoms with Gasteiger partial charge in [-0.05, 0) is 39.0 Å². The van der Waals surface area contributed by atoms with E-state index in [0.29, 0.717) is 11.5 Å². The largest absolute Gasteiger partial charge is 0.490 e. The average molecular weight is 441 g/mol. The van der Waals surface area contributed by atoms with E-state index in [1.54, 1.807) is 13.8 Å². The molecule has 0 radical (unpaired) electrons. The van der Waals surface area contributed by atoms with Crippen LogP contribution in [0.1, 0.15) is 19.5 Å². The van der Waals surface area contributed by atoms with Crippen molar-refractivity contribution in [3.8, 4) is 5.75 Å². The first-order valence-electron chi connectivity index (χ1n) is 9.58. The summed E-state index contributed by atoms with van der Waals surface area (Å²) in [5, 5.41) is 25.8. The SMILES string of the molecule is Cc1cc2c(OCC(O)CNC(C)NC(=O)C(C)SCCO[N+](=O)[O-])cccc2[nH]1. The van der Waals surface area contributed by atoms with Gasteiger partial charge in [-0.25, -0.2) is 0 Å². The van der Waals surface area contributed by atoms with Crippen molar-refractivity contribution >= 4 is 28.6 Å². The molecule has 0 fully saturated rings. The molecule has 1 aromatic heterocycles. The second-order valence-electron chi connectivity index (χ2n) is 6.84. The lowest BCUT2D eigenvalue weighted by Gasteiger charge is -2.20. The van der Waals surface area contributed by atoms with E-state index >= 15 is 0 Å². The maximum atomic E-state index is 12.1. The number of aromatic amines is 1. The highest BCUT2D eigenvalue weighted by atomic mass is 32.2. The van der Waals surface area contributed by atoms with Gasteiger partial charge < -0.3 is 25.0 Å². The topological polar surface area (TPSA) is 139 Å². The monoisotopic (exact) mass is 440 g/mol.